The second-order valence-electron chi connectivity index (χ2n) is 7.65. The second kappa shape index (κ2) is 9.35. The largest absolute Gasteiger partial charge is 0.481 e. The number of hydrogen-bond donors (Lipinski definition) is 1. The molecule has 3 aromatic rings. The standard InChI is InChI=1S/C25H24FNO2S/c26-20-14-15-21(25-27-22-5-1-2-6-23(22)30-25)19(16-20)13-12-18-10-8-17(9-11-18)4-3-7-24(28)29/h8-16H,1-7H2,(H,28,29)/b13-12-. The number of thiazole rings is 1. The number of aromatic nitrogens is 1. The van der Waals surface area contributed by atoms with E-state index >= 15 is 0 Å². The van der Waals surface area contributed by atoms with E-state index in [1.807, 2.05) is 42.5 Å². The van der Waals surface area contributed by atoms with E-state index in [0.717, 1.165) is 46.5 Å². The fourth-order valence-corrected chi connectivity index (χ4v) is 4.96. The van der Waals surface area contributed by atoms with Crippen molar-refractivity contribution in [1.82, 2.24) is 4.98 Å². The third kappa shape index (κ3) is 5.03. The normalized spacial score (nSPS) is 13.5. The van der Waals surface area contributed by atoms with Gasteiger partial charge >= 0.3 is 5.97 Å². The number of nitrogens with zero attached hydrogens (tertiary/aromatic N) is 1. The van der Waals surface area contributed by atoms with Gasteiger partial charge in [-0.3, -0.25) is 4.79 Å². The molecule has 0 amide bonds. The molecule has 1 aliphatic rings. The minimum Gasteiger partial charge on any atom is -0.481 e. The first-order valence-corrected chi connectivity index (χ1v) is 11.2. The average molecular weight is 422 g/mol. The summed E-state index contributed by atoms with van der Waals surface area (Å²) in [5, 5.41) is 9.71. The Bertz CT molecular complexity index is 1050. The van der Waals surface area contributed by atoms with Gasteiger partial charge in [0.2, 0.25) is 0 Å². The van der Waals surface area contributed by atoms with Gasteiger partial charge in [-0.2, -0.15) is 0 Å². The van der Waals surface area contributed by atoms with Gasteiger partial charge in [-0.15, -0.1) is 11.3 Å². The summed E-state index contributed by atoms with van der Waals surface area (Å²) in [5.41, 5.74) is 5.14. The topological polar surface area (TPSA) is 50.2 Å². The van der Waals surface area contributed by atoms with E-state index < -0.39 is 5.97 Å². The van der Waals surface area contributed by atoms with E-state index in [2.05, 4.69) is 0 Å². The summed E-state index contributed by atoms with van der Waals surface area (Å²) in [6.45, 7) is 0. The summed E-state index contributed by atoms with van der Waals surface area (Å²) >= 11 is 1.73. The van der Waals surface area contributed by atoms with Crippen LogP contribution in [0, 0.1) is 5.82 Å². The Hall–Kier alpha value is -2.79. The maximum atomic E-state index is 14.0. The molecule has 0 bridgehead atoms. The summed E-state index contributed by atoms with van der Waals surface area (Å²) in [7, 11) is 0. The molecule has 1 aliphatic carbocycles. The number of benzene rings is 2. The van der Waals surface area contributed by atoms with E-state index in [-0.39, 0.29) is 12.2 Å². The molecule has 30 heavy (non-hydrogen) atoms. The van der Waals surface area contributed by atoms with Gasteiger partial charge in [-0.25, -0.2) is 9.37 Å². The number of aliphatic carboxylic acids is 1. The van der Waals surface area contributed by atoms with Crippen molar-refractivity contribution in [2.45, 2.75) is 44.9 Å². The van der Waals surface area contributed by atoms with Crippen LogP contribution in [-0.4, -0.2) is 16.1 Å². The molecule has 3 nitrogen and oxygen atoms in total. The Morgan fingerprint density at radius 2 is 1.90 bits per heavy atom. The van der Waals surface area contributed by atoms with Crippen LogP contribution < -0.4 is 0 Å². The molecule has 4 rings (SSSR count). The van der Waals surface area contributed by atoms with Crippen LogP contribution in [0.5, 0.6) is 0 Å². The first-order valence-electron chi connectivity index (χ1n) is 10.4. The van der Waals surface area contributed by atoms with Crippen molar-refractivity contribution in [3.63, 3.8) is 0 Å². The third-order valence-corrected chi connectivity index (χ3v) is 6.57. The zero-order chi connectivity index (χ0) is 20.9. The number of hydrogen-bond acceptors (Lipinski definition) is 3. The Kier molecular flexibility index (Phi) is 6.38. The van der Waals surface area contributed by atoms with Crippen LogP contribution in [0.1, 0.15) is 52.9 Å². The molecule has 0 unspecified atom stereocenters. The number of carbonyl (C=O) groups is 1. The highest BCUT2D eigenvalue weighted by molar-refractivity contribution is 7.15. The van der Waals surface area contributed by atoms with Crippen molar-refractivity contribution in [1.29, 1.82) is 0 Å². The zero-order valence-corrected chi connectivity index (χ0v) is 17.6. The van der Waals surface area contributed by atoms with Crippen molar-refractivity contribution in [2.75, 3.05) is 0 Å². The third-order valence-electron chi connectivity index (χ3n) is 5.38. The summed E-state index contributed by atoms with van der Waals surface area (Å²) in [6, 6.07) is 12.9. The Balaban J connectivity index is 1.53. The van der Waals surface area contributed by atoms with Crippen LogP contribution in [0.2, 0.25) is 0 Å². The predicted octanol–water partition coefficient (Wildman–Crippen LogP) is 6.41. The number of halogens is 1. The van der Waals surface area contributed by atoms with E-state index in [1.165, 1.54) is 29.5 Å². The van der Waals surface area contributed by atoms with Gasteiger partial charge in [0.1, 0.15) is 10.8 Å². The van der Waals surface area contributed by atoms with Crippen LogP contribution in [0.3, 0.4) is 0 Å². The van der Waals surface area contributed by atoms with Crippen LogP contribution in [0.25, 0.3) is 22.7 Å². The highest BCUT2D eigenvalue weighted by Gasteiger charge is 2.17. The van der Waals surface area contributed by atoms with E-state index in [1.54, 1.807) is 17.4 Å². The summed E-state index contributed by atoms with van der Waals surface area (Å²) in [4.78, 5) is 16.8. The minimum atomic E-state index is -0.762. The molecule has 2 aromatic carbocycles. The van der Waals surface area contributed by atoms with Crippen molar-refractivity contribution in [3.05, 3.63) is 75.5 Å². The summed E-state index contributed by atoms with van der Waals surface area (Å²) in [5.74, 6) is -1.02. The van der Waals surface area contributed by atoms with Gasteiger partial charge in [0.05, 0.1) is 5.69 Å². The predicted molar refractivity (Wildman–Crippen MR) is 120 cm³/mol. The monoisotopic (exact) mass is 421 g/mol. The lowest BCUT2D eigenvalue weighted by Gasteiger charge is -2.06. The fourth-order valence-electron chi connectivity index (χ4n) is 3.76. The number of fused-ring (bicyclic) bond motifs is 1. The molecule has 154 valence electrons. The molecule has 0 saturated carbocycles. The number of rotatable bonds is 7. The average Bonchev–Trinajstić information content (AvgIpc) is 3.17. The quantitative estimate of drug-likeness (QED) is 0.449. The van der Waals surface area contributed by atoms with Crippen molar-refractivity contribution in [3.8, 4) is 10.6 Å². The molecule has 0 atom stereocenters. The van der Waals surface area contributed by atoms with Gasteiger partial charge in [0, 0.05) is 16.9 Å². The fraction of sp³-hybridized carbons (Fsp3) is 0.280. The lowest BCUT2D eigenvalue weighted by Crippen LogP contribution is -1.98. The van der Waals surface area contributed by atoms with Crippen LogP contribution >= 0.6 is 11.3 Å². The molecule has 0 spiro atoms. The smallest absolute Gasteiger partial charge is 0.303 e. The maximum absolute atomic E-state index is 14.0. The lowest BCUT2D eigenvalue weighted by atomic mass is 10.0. The molecule has 1 heterocycles. The van der Waals surface area contributed by atoms with Gasteiger partial charge in [-0.1, -0.05) is 36.4 Å². The van der Waals surface area contributed by atoms with Gasteiger partial charge in [-0.05, 0) is 73.4 Å². The first-order chi connectivity index (χ1) is 14.6. The maximum Gasteiger partial charge on any atom is 0.303 e. The molecule has 1 N–H and O–H groups in total. The molecule has 1 aromatic heterocycles. The first kappa shape index (κ1) is 20.5. The molecular formula is C25H24FNO2S. The van der Waals surface area contributed by atoms with Gasteiger partial charge < -0.3 is 5.11 Å². The Morgan fingerprint density at radius 3 is 2.67 bits per heavy atom. The molecule has 0 saturated heterocycles. The SMILES string of the molecule is O=C(O)CCCc1ccc(/C=C\c2cc(F)ccc2-c2nc3c(s2)CCCC3)cc1. The Labute approximate surface area is 179 Å². The van der Waals surface area contributed by atoms with Crippen LogP contribution in [0.4, 0.5) is 4.39 Å². The van der Waals surface area contributed by atoms with Gasteiger partial charge in [0.25, 0.3) is 0 Å². The highest BCUT2D eigenvalue weighted by atomic mass is 32.1. The number of aryl methyl sites for hydroxylation is 3. The van der Waals surface area contributed by atoms with E-state index in [0.29, 0.717) is 6.42 Å². The molecule has 0 radical (unpaired) electrons. The Morgan fingerprint density at radius 1 is 1.10 bits per heavy atom. The van der Waals surface area contributed by atoms with Crippen molar-refractivity contribution >= 4 is 29.5 Å². The van der Waals surface area contributed by atoms with Crippen molar-refractivity contribution in [2.24, 2.45) is 0 Å². The lowest BCUT2D eigenvalue weighted by molar-refractivity contribution is -0.137. The van der Waals surface area contributed by atoms with E-state index in [9.17, 15) is 9.18 Å². The summed E-state index contributed by atoms with van der Waals surface area (Å²) < 4.78 is 14.0. The summed E-state index contributed by atoms with van der Waals surface area (Å²) in [6.07, 6.45) is 10.0. The molecule has 0 aliphatic heterocycles. The molecule has 5 heteroatoms. The second-order valence-corrected chi connectivity index (χ2v) is 8.73. The van der Waals surface area contributed by atoms with Crippen LogP contribution in [-0.2, 0) is 24.1 Å². The van der Waals surface area contributed by atoms with Gasteiger partial charge in [0.15, 0.2) is 0 Å². The van der Waals surface area contributed by atoms with Crippen LogP contribution in [0.15, 0.2) is 42.5 Å². The number of carboxylic acid groups (broad SMARTS) is 1. The van der Waals surface area contributed by atoms with E-state index in [4.69, 9.17) is 10.1 Å². The highest BCUT2D eigenvalue weighted by Crippen LogP contribution is 2.35. The molecule has 0 fully saturated rings. The number of carboxylic acids is 1. The zero-order valence-electron chi connectivity index (χ0n) is 16.7. The minimum absolute atomic E-state index is 0.185. The van der Waals surface area contributed by atoms with Crippen molar-refractivity contribution < 1.29 is 14.3 Å². The molecular weight excluding hydrogens is 397 g/mol.